The zero-order valence-corrected chi connectivity index (χ0v) is 42.0. The van der Waals surface area contributed by atoms with E-state index in [2.05, 4.69) is 225 Å². The third-order valence-electron chi connectivity index (χ3n) is 13.4. The van der Waals surface area contributed by atoms with Crippen LogP contribution in [0, 0.1) is 24.6 Å². The summed E-state index contributed by atoms with van der Waals surface area (Å²) in [6.07, 6.45) is 1.90. The van der Waals surface area contributed by atoms with Crippen LogP contribution in [0.3, 0.4) is 0 Å². The van der Waals surface area contributed by atoms with Crippen molar-refractivity contribution in [3.8, 4) is 34.1 Å². The summed E-state index contributed by atoms with van der Waals surface area (Å²) in [5.74, 6) is 1.64. The zero-order chi connectivity index (χ0) is 47.2. The molecule has 70 heavy (non-hydrogen) atoms. The number of anilines is 4. The van der Waals surface area contributed by atoms with Crippen LogP contribution in [0.15, 0.2) is 182 Å². The Morgan fingerprint density at radius 3 is 1.81 bits per heavy atom. The number of benzene rings is 8. The van der Waals surface area contributed by atoms with Crippen LogP contribution in [-0.4, -0.2) is 14.1 Å². The monoisotopic (exact) mass is 1090 g/mol. The second kappa shape index (κ2) is 17.2. The van der Waals surface area contributed by atoms with Crippen LogP contribution in [-0.2, 0) is 31.9 Å². The van der Waals surface area contributed by atoms with Gasteiger partial charge in [-0.1, -0.05) is 155 Å². The topological polar surface area (TPSA) is 38.5 Å². The van der Waals surface area contributed by atoms with Crippen molar-refractivity contribution in [1.29, 1.82) is 0 Å². The Kier molecular flexibility index (Phi) is 11.0. The van der Waals surface area contributed by atoms with Crippen LogP contribution in [0.25, 0.3) is 66.2 Å². The van der Waals surface area contributed by atoms with Crippen LogP contribution in [0.1, 0.15) is 52.7 Å². The second-order valence-electron chi connectivity index (χ2n) is 20.0. The van der Waals surface area contributed by atoms with Gasteiger partial charge in [0.15, 0.2) is 0 Å². The molecule has 6 nitrogen and oxygen atoms in total. The fourth-order valence-corrected chi connectivity index (χ4v) is 10.1. The molecular weight excluding hydrogens is 1040 g/mol. The smallest absolute Gasteiger partial charge is 0.135 e. The number of hydrogen-bond donors (Lipinski definition) is 0. The van der Waals surface area contributed by atoms with Crippen molar-refractivity contribution < 1.29 is 30.2 Å². The minimum absolute atomic E-state index is 0. The van der Waals surface area contributed by atoms with Crippen molar-refractivity contribution in [3.63, 3.8) is 0 Å². The Labute approximate surface area is 422 Å². The van der Waals surface area contributed by atoms with E-state index in [4.69, 9.17) is 9.72 Å². The predicted molar refractivity (Wildman–Crippen MR) is 281 cm³/mol. The van der Waals surface area contributed by atoms with E-state index in [-0.39, 0.29) is 37.7 Å². The molecule has 0 unspecified atom stereocenters. The summed E-state index contributed by atoms with van der Waals surface area (Å²) in [5.41, 5.74) is 12.8. The number of ether oxygens (including phenoxy) is 1. The van der Waals surface area contributed by atoms with Crippen LogP contribution in [0.5, 0.6) is 11.5 Å². The Morgan fingerprint density at radius 2 is 1.16 bits per heavy atom. The van der Waals surface area contributed by atoms with Crippen LogP contribution < -0.4 is 14.5 Å². The first kappa shape index (κ1) is 45.0. The number of para-hydroxylation sites is 6. The number of halogens is 1. The van der Waals surface area contributed by atoms with E-state index in [1.165, 1.54) is 17.7 Å². The first-order chi connectivity index (χ1) is 33.4. The quantitative estimate of drug-likeness (QED) is 0.149. The molecule has 12 rings (SSSR count). The van der Waals surface area contributed by atoms with Gasteiger partial charge in [0.25, 0.3) is 0 Å². The summed E-state index contributed by atoms with van der Waals surface area (Å²) in [6.45, 7) is 15.5. The molecule has 0 amide bonds. The minimum atomic E-state index is -0.268. The summed E-state index contributed by atoms with van der Waals surface area (Å²) in [4.78, 5) is 9.39. The van der Waals surface area contributed by atoms with Crippen LogP contribution in [0.2, 0.25) is 0 Å². The molecule has 0 atom stereocenters. The van der Waals surface area contributed by atoms with Gasteiger partial charge in [0, 0.05) is 77.7 Å². The third-order valence-corrected chi connectivity index (χ3v) is 13.4. The van der Waals surface area contributed by atoms with Crippen LogP contribution >= 0.6 is 0 Å². The van der Waals surface area contributed by atoms with Crippen molar-refractivity contribution in [1.82, 2.24) is 14.1 Å². The van der Waals surface area contributed by atoms with Gasteiger partial charge in [0.05, 0.1) is 11.0 Å². The van der Waals surface area contributed by atoms with Gasteiger partial charge in [-0.05, 0) is 87.5 Å². The van der Waals surface area contributed by atoms with Gasteiger partial charge in [0.1, 0.15) is 11.6 Å². The maximum absolute atomic E-state index is 14.4. The summed E-state index contributed by atoms with van der Waals surface area (Å²) in [7, 11) is 0. The van der Waals surface area contributed by atoms with E-state index in [0.29, 0.717) is 11.5 Å². The van der Waals surface area contributed by atoms with Crippen molar-refractivity contribution in [2.45, 2.75) is 52.4 Å². The molecule has 348 valence electrons. The molecule has 0 saturated carbocycles. The van der Waals surface area contributed by atoms with Gasteiger partial charge < -0.3 is 23.7 Å². The summed E-state index contributed by atoms with van der Waals surface area (Å²) in [5, 5.41) is 4.50. The maximum Gasteiger partial charge on any atom is 0.135 e. The zero-order valence-electron chi connectivity index (χ0n) is 39.7. The number of aromatic nitrogens is 3. The molecule has 8 aromatic carbocycles. The summed E-state index contributed by atoms with van der Waals surface area (Å²) in [6, 6.07) is 67.3. The molecule has 3 aromatic heterocycles. The molecule has 0 radical (unpaired) electrons. The van der Waals surface area contributed by atoms with Crippen molar-refractivity contribution in [2.24, 2.45) is 0 Å². The standard InChI is InChI=1S/C62H49FN5O.Pt/c1-61(2,3)41-32-33-64-59(34-41)68-55-23-12-9-18-50(55)51-31-30-45(38-58(51)68)69-46-36-43(35-44(37-46)67-53-21-10-7-16-48(53)49-17-8-11-22-54(49)67)65-39-66(57-25-14-13-24-56(57)65)60-47(40-26-28-42(63)29-27-40)19-15-20-52(60)62(4,5)6;/h7-35,37,39H,1-6H3;/q-3;. The van der Waals surface area contributed by atoms with Gasteiger partial charge >= 0.3 is 0 Å². The van der Waals surface area contributed by atoms with E-state index in [1.807, 2.05) is 24.4 Å². The Morgan fingerprint density at radius 1 is 0.543 bits per heavy atom. The fourth-order valence-electron chi connectivity index (χ4n) is 10.1. The number of pyridine rings is 1. The van der Waals surface area contributed by atoms with Gasteiger partial charge in [0.2, 0.25) is 0 Å². The first-order valence-corrected chi connectivity index (χ1v) is 23.5. The third kappa shape index (κ3) is 7.64. The normalized spacial score (nSPS) is 12.8. The molecular formula is C62H49FN5OPt-3. The Balaban J connectivity index is 0.00000533. The van der Waals surface area contributed by atoms with E-state index in [0.717, 1.165) is 94.6 Å². The molecule has 0 bridgehead atoms. The van der Waals surface area contributed by atoms with Crippen molar-refractivity contribution >= 4 is 66.4 Å². The molecule has 0 saturated heterocycles. The van der Waals surface area contributed by atoms with Crippen molar-refractivity contribution in [3.05, 3.63) is 218 Å². The van der Waals surface area contributed by atoms with E-state index in [9.17, 15) is 4.39 Å². The summed E-state index contributed by atoms with van der Waals surface area (Å²) < 4.78 is 25.9. The average molecular weight is 1090 g/mol. The SMILES string of the molecule is CC(C)(C)c1ccnc(-n2c3[c-]c(Oc4[c-]c(N5[CH-]N(c6c(-c7ccc(F)cc7)cccc6C(C)(C)C)c6ccccc65)cc(-n5c6ccccc6c6ccccc65)c4)ccc3c3ccccc32)c1.[Pt]. The van der Waals surface area contributed by atoms with Gasteiger partial charge in [-0.25, -0.2) is 9.37 Å². The van der Waals surface area contributed by atoms with Crippen molar-refractivity contribution in [2.75, 3.05) is 9.80 Å². The number of fused-ring (bicyclic) bond motifs is 7. The molecule has 0 N–H and O–H groups in total. The number of nitrogens with zero attached hydrogens (tertiary/aromatic N) is 5. The predicted octanol–water partition coefficient (Wildman–Crippen LogP) is 16.5. The molecule has 0 aliphatic carbocycles. The Bertz CT molecular complexity index is 3750. The largest absolute Gasteiger partial charge is 0.509 e. The molecule has 1 aliphatic rings. The fraction of sp³-hybridized carbons (Fsp3) is 0.129. The second-order valence-corrected chi connectivity index (χ2v) is 20.0. The van der Waals surface area contributed by atoms with Gasteiger partial charge in [-0.15, -0.1) is 42.4 Å². The Hall–Kier alpha value is -7.47. The summed E-state index contributed by atoms with van der Waals surface area (Å²) >= 11 is 0. The van der Waals surface area contributed by atoms with E-state index in [1.54, 1.807) is 0 Å². The van der Waals surface area contributed by atoms with Gasteiger partial charge in [-0.2, -0.15) is 6.07 Å². The molecule has 11 aromatic rings. The van der Waals surface area contributed by atoms with Gasteiger partial charge in [-0.3, -0.25) is 0 Å². The molecule has 1 aliphatic heterocycles. The average Bonchev–Trinajstić information content (AvgIpc) is 4.01. The number of hydrogen-bond acceptors (Lipinski definition) is 4. The molecule has 0 spiro atoms. The molecule has 8 heteroatoms. The maximum atomic E-state index is 14.4. The van der Waals surface area contributed by atoms with Crippen LogP contribution in [0.4, 0.5) is 27.1 Å². The number of rotatable bonds is 7. The van der Waals surface area contributed by atoms with E-state index < -0.39 is 0 Å². The molecule has 4 heterocycles. The molecule has 0 fully saturated rings. The minimum Gasteiger partial charge on any atom is -0.509 e. The van der Waals surface area contributed by atoms with E-state index >= 15 is 0 Å². The first-order valence-electron chi connectivity index (χ1n) is 23.5.